The zero-order chi connectivity index (χ0) is 20.2. The van der Waals surface area contributed by atoms with Gasteiger partial charge in [0.2, 0.25) is 0 Å². The van der Waals surface area contributed by atoms with Crippen LogP contribution in [-0.4, -0.2) is 9.97 Å². The van der Waals surface area contributed by atoms with E-state index in [0.717, 1.165) is 22.5 Å². The van der Waals surface area contributed by atoms with Crippen LogP contribution in [0.3, 0.4) is 0 Å². The summed E-state index contributed by atoms with van der Waals surface area (Å²) in [5.41, 5.74) is 4.84. The molecule has 5 rings (SSSR count). The Bertz CT molecular complexity index is 1210. The van der Waals surface area contributed by atoms with Gasteiger partial charge in [-0.25, -0.2) is 0 Å². The third-order valence-corrected chi connectivity index (χ3v) is 7.21. The number of fused-ring (bicyclic) bond motifs is 2. The molecule has 0 amide bonds. The molecule has 5 aromatic rings. The van der Waals surface area contributed by atoms with Gasteiger partial charge in [-0.15, -0.1) is 23.5 Å². The highest BCUT2D eigenvalue weighted by atomic mass is 32.2. The van der Waals surface area contributed by atoms with Crippen LogP contribution in [0.2, 0.25) is 0 Å². The maximum Gasteiger partial charge on any atom is 0.0837 e. The van der Waals surface area contributed by atoms with Gasteiger partial charge in [-0.1, -0.05) is 60.7 Å². The van der Waals surface area contributed by atoms with Gasteiger partial charge in [0.05, 0.1) is 11.0 Å². The van der Waals surface area contributed by atoms with E-state index < -0.39 is 0 Å². The summed E-state index contributed by atoms with van der Waals surface area (Å²) in [7, 11) is 0. The molecule has 0 N–H and O–H groups in total. The Morgan fingerprint density at radius 2 is 1.00 bits per heavy atom. The van der Waals surface area contributed by atoms with Crippen molar-refractivity contribution in [3.63, 3.8) is 0 Å². The fraction of sp³-hybridized carbons (Fsp3) is 0.0769. The first-order valence-electron chi connectivity index (χ1n) is 9.88. The summed E-state index contributed by atoms with van der Waals surface area (Å²) in [6.07, 6.45) is 3.73. The van der Waals surface area contributed by atoms with Crippen molar-refractivity contribution in [1.29, 1.82) is 0 Å². The number of benzene rings is 3. The summed E-state index contributed by atoms with van der Waals surface area (Å²) in [6, 6.07) is 29.9. The summed E-state index contributed by atoms with van der Waals surface area (Å²) in [5.74, 6) is 1.87. The number of aromatic nitrogens is 2. The number of para-hydroxylation sites is 2. The summed E-state index contributed by atoms with van der Waals surface area (Å²) in [4.78, 5) is 11.6. The van der Waals surface area contributed by atoms with Gasteiger partial charge in [-0.3, -0.25) is 9.97 Å². The molecule has 146 valence electrons. The van der Waals surface area contributed by atoms with Crippen LogP contribution in [0.25, 0.3) is 21.8 Å². The molecule has 0 saturated heterocycles. The molecule has 0 spiro atoms. The third-order valence-electron chi connectivity index (χ3n) is 4.97. The zero-order valence-electron chi connectivity index (χ0n) is 16.4. The summed E-state index contributed by atoms with van der Waals surface area (Å²) < 4.78 is 0. The van der Waals surface area contributed by atoms with Gasteiger partial charge >= 0.3 is 0 Å². The lowest BCUT2D eigenvalue weighted by molar-refractivity contribution is 1.30. The Morgan fingerprint density at radius 1 is 0.533 bits per heavy atom. The molecular formula is C26H20N2S2. The molecule has 3 aromatic carbocycles. The van der Waals surface area contributed by atoms with Gasteiger partial charge in [0.15, 0.2) is 0 Å². The molecule has 30 heavy (non-hydrogen) atoms. The second kappa shape index (κ2) is 8.90. The van der Waals surface area contributed by atoms with E-state index in [0.29, 0.717) is 0 Å². The van der Waals surface area contributed by atoms with Crippen molar-refractivity contribution in [3.05, 3.63) is 108 Å². The van der Waals surface area contributed by atoms with E-state index in [2.05, 4.69) is 82.8 Å². The van der Waals surface area contributed by atoms with Gasteiger partial charge in [0, 0.05) is 44.5 Å². The van der Waals surface area contributed by atoms with Crippen molar-refractivity contribution in [2.45, 2.75) is 21.3 Å². The molecule has 0 fully saturated rings. The maximum atomic E-state index is 4.57. The minimum Gasteiger partial charge on any atom is -0.255 e. The Balaban J connectivity index is 1.29. The van der Waals surface area contributed by atoms with Gasteiger partial charge < -0.3 is 0 Å². The lowest BCUT2D eigenvalue weighted by atomic mass is 10.2. The average molecular weight is 425 g/mol. The van der Waals surface area contributed by atoms with Crippen LogP contribution < -0.4 is 0 Å². The monoisotopic (exact) mass is 424 g/mol. The Morgan fingerprint density at radius 3 is 1.53 bits per heavy atom. The Labute approximate surface area is 184 Å². The van der Waals surface area contributed by atoms with Crippen LogP contribution in [0.5, 0.6) is 0 Å². The minimum atomic E-state index is 0.935. The van der Waals surface area contributed by atoms with Crippen molar-refractivity contribution in [2.75, 3.05) is 0 Å². The lowest BCUT2D eigenvalue weighted by Gasteiger charge is -2.08. The van der Waals surface area contributed by atoms with Crippen LogP contribution in [0.1, 0.15) is 11.1 Å². The van der Waals surface area contributed by atoms with Gasteiger partial charge in [-0.2, -0.15) is 0 Å². The normalized spacial score (nSPS) is 11.2. The quantitative estimate of drug-likeness (QED) is 0.266. The van der Waals surface area contributed by atoms with Crippen molar-refractivity contribution >= 4 is 45.3 Å². The first kappa shape index (κ1) is 19.2. The number of rotatable bonds is 6. The summed E-state index contributed by atoms with van der Waals surface area (Å²) in [5, 5.41) is 2.38. The third kappa shape index (κ3) is 4.20. The molecule has 4 heteroatoms. The van der Waals surface area contributed by atoms with Gasteiger partial charge in [0.1, 0.15) is 0 Å². The van der Waals surface area contributed by atoms with Crippen LogP contribution in [-0.2, 0) is 11.5 Å². The highest BCUT2D eigenvalue weighted by molar-refractivity contribution is 7.99. The molecule has 0 saturated carbocycles. The molecular weight excluding hydrogens is 404 g/mol. The van der Waals surface area contributed by atoms with E-state index in [4.69, 9.17) is 0 Å². The molecule has 0 aliphatic heterocycles. The highest BCUT2D eigenvalue weighted by Gasteiger charge is 2.06. The van der Waals surface area contributed by atoms with E-state index >= 15 is 0 Å². The molecule has 2 heterocycles. The van der Waals surface area contributed by atoms with Crippen LogP contribution in [0.15, 0.2) is 107 Å². The van der Waals surface area contributed by atoms with Gasteiger partial charge in [-0.05, 0) is 35.4 Å². The fourth-order valence-corrected chi connectivity index (χ4v) is 5.48. The van der Waals surface area contributed by atoms with Crippen molar-refractivity contribution < 1.29 is 0 Å². The van der Waals surface area contributed by atoms with Crippen molar-refractivity contribution in [1.82, 2.24) is 9.97 Å². The number of thioether (sulfide) groups is 2. The average Bonchev–Trinajstić information content (AvgIpc) is 2.81. The van der Waals surface area contributed by atoms with E-state index in [9.17, 15) is 0 Å². The van der Waals surface area contributed by atoms with Crippen LogP contribution >= 0.6 is 23.5 Å². The second-order valence-electron chi connectivity index (χ2n) is 7.06. The van der Waals surface area contributed by atoms with E-state index in [1.807, 2.05) is 48.1 Å². The largest absolute Gasteiger partial charge is 0.255 e. The first-order chi connectivity index (χ1) is 14.9. The van der Waals surface area contributed by atoms with Crippen molar-refractivity contribution in [2.24, 2.45) is 0 Å². The minimum absolute atomic E-state index is 0.935. The van der Waals surface area contributed by atoms with Crippen LogP contribution in [0, 0.1) is 0 Å². The van der Waals surface area contributed by atoms with Crippen LogP contribution in [0.4, 0.5) is 0 Å². The SMILES string of the molecule is c1cc(CSc2cccc3cccnc23)cc(CSc2cccc3cccnc23)c1. The molecule has 2 nitrogen and oxygen atoms in total. The molecule has 2 aromatic heterocycles. The van der Waals surface area contributed by atoms with Crippen molar-refractivity contribution in [3.8, 4) is 0 Å². The summed E-state index contributed by atoms with van der Waals surface area (Å²) >= 11 is 3.70. The fourth-order valence-electron chi connectivity index (χ4n) is 3.52. The standard InChI is InChI=1S/C26H20N2S2/c1-6-19(17-29-23-12-2-8-21-10-4-14-27-25(21)23)16-20(7-1)18-30-24-13-3-9-22-11-5-15-28-26(22)24/h1-16H,17-18H2. The number of hydrogen-bond acceptors (Lipinski definition) is 4. The van der Waals surface area contributed by atoms with E-state index in [1.54, 1.807) is 0 Å². The Hall–Kier alpha value is -2.82. The smallest absolute Gasteiger partial charge is 0.0837 e. The molecule has 0 bridgehead atoms. The predicted octanol–water partition coefficient (Wildman–Crippen LogP) is 7.37. The molecule has 0 radical (unpaired) electrons. The second-order valence-corrected chi connectivity index (χ2v) is 9.09. The summed E-state index contributed by atoms with van der Waals surface area (Å²) in [6.45, 7) is 0. The maximum absolute atomic E-state index is 4.57. The predicted molar refractivity (Wildman–Crippen MR) is 129 cm³/mol. The molecule has 0 aliphatic rings. The van der Waals surface area contributed by atoms with E-state index in [-0.39, 0.29) is 0 Å². The lowest BCUT2D eigenvalue weighted by Crippen LogP contribution is -1.88. The number of hydrogen-bond donors (Lipinski definition) is 0. The highest BCUT2D eigenvalue weighted by Crippen LogP contribution is 2.31. The van der Waals surface area contributed by atoms with E-state index in [1.165, 1.54) is 31.7 Å². The molecule has 0 aliphatic carbocycles. The Kier molecular flexibility index (Phi) is 5.69. The number of nitrogens with zero attached hydrogens (tertiary/aromatic N) is 2. The molecule has 0 unspecified atom stereocenters. The zero-order valence-corrected chi connectivity index (χ0v) is 18.0. The van der Waals surface area contributed by atoms with Gasteiger partial charge in [0.25, 0.3) is 0 Å². The number of pyridine rings is 2. The first-order valence-corrected chi connectivity index (χ1v) is 11.8. The molecule has 0 atom stereocenters. The topological polar surface area (TPSA) is 25.8 Å².